The van der Waals surface area contributed by atoms with Crippen molar-refractivity contribution in [3.63, 3.8) is 0 Å². The molecule has 0 saturated heterocycles. The molecule has 0 radical (unpaired) electrons. The van der Waals surface area contributed by atoms with E-state index in [9.17, 15) is 5.11 Å². The summed E-state index contributed by atoms with van der Waals surface area (Å²) < 4.78 is 5.82. The van der Waals surface area contributed by atoms with Gasteiger partial charge in [-0.1, -0.05) is 66.2 Å². The third-order valence-electron chi connectivity index (χ3n) is 5.35. The lowest BCUT2D eigenvalue weighted by Gasteiger charge is -2.14. The van der Waals surface area contributed by atoms with Crippen molar-refractivity contribution >= 4 is 22.8 Å². The van der Waals surface area contributed by atoms with Gasteiger partial charge in [0.05, 0.1) is 22.3 Å². The summed E-state index contributed by atoms with van der Waals surface area (Å²) in [6.07, 6.45) is 1.87. The molecule has 4 aromatic rings. The molecule has 0 aliphatic heterocycles. The Hall–Kier alpha value is -2.89. The Balaban J connectivity index is 1.44. The van der Waals surface area contributed by atoms with Gasteiger partial charge in [0, 0.05) is 5.56 Å². The zero-order valence-corrected chi connectivity index (χ0v) is 16.4. The van der Waals surface area contributed by atoms with Gasteiger partial charge in [-0.05, 0) is 36.5 Å². The third-order valence-corrected chi connectivity index (χ3v) is 5.64. The predicted molar refractivity (Wildman–Crippen MR) is 114 cm³/mol. The van der Waals surface area contributed by atoms with Crippen LogP contribution in [0.3, 0.4) is 0 Å². The average molecular weight is 406 g/mol. The molecule has 2 heterocycles. The molecule has 5 rings (SSSR count). The topological polar surface area (TPSA) is 71.0 Å². The Morgan fingerprint density at radius 3 is 2.38 bits per heavy atom. The molecule has 1 fully saturated rings. The number of hydrogen-bond donors (Lipinski definition) is 2. The highest BCUT2D eigenvalue weighted by atomic mass is 35.5. The lowest BCUT2D eigenvalue weighted by molar-refractivity contribution is 0.0549. The van der Waals surface area contributed by atoms with Crippen molar-refractivity contribution in [2.45, 2.75) is 31.5 Å². The number of ether oxygens (including phenoxy) is 1. The zero-order chi connectivity index (χ0) is 19.8. The number of halogens is 1. The minimum absolute atomic E-state index is 0.226. The molecule has 1 aliphatic rings. The predicted octanol–water partition coefficient (Wildman–Crippen LogP) is 5.24. The van der Waals surface area contributed by atoms with Crippen molar-refractivity contribution in [3.8, 4) is 28.4 Å². The molecule has 6 heteroatoms. The summed E-state index contributed by atoms with van der Waals surface area (Å²) in [6, 6.07) is 20.6. The lowest BCUT2D eigenvalue weighted by atomic mass is 10.0. The molecular weight excluding hydrogens is 386 g/mol. The van der Waals surface area contributed by atoms with Crippen molar-refractivity contribution in [2.75, 3.05) is 0 Å². The quantitative estimate of drug-likeness (QED) is 0.487. The fourth-order valence-corrected chi connectivity index (χ4v) is 4.05. The number of H-pyrrole nitrogens is 1. The molecule has 0 unspecified atom stereocenters. The summed E-state index contributed by atoms with van der Waals surface area (Å²) in [7, 11) is 0. The minimum Gasteiger partial charge on any atom is -0.459 e. The minimum atomic E-state index is -0.446. The highest BCUT2D eigenvalue weighted by molar-refractivity contribution is 6.33. The highest BCUT2D eigenvalue weighted by Gasteiger charge is 2.28. The molecule has 29 heavy (non-hydrogen) atoms. The van der Waals surface area contributed by atoms with Crippen LogP contribution in [-0.2, 0) is 0 Å². The van der Waals surface area contributed by atoms with E-state index in [1.54, 1.807) is 0 Å². The molecule has 146 valence electrons. The fraction of sp³-hybridized carbons (Fsp3) is 0.217. The monoisotopic (exact) mass is 405 g/mol. The van der Waals surface area contributed by atoms with Gasteiger partial charge < -0.3 is 14.8 Å². The fourth-order valence-electron chi connectivity index (χ4n) is 3.79. The van der Waals surface area contributed by atoms with E-state index in [2.05, 4.69) is 39.2 Å². The van der Waals surface area contributed by atoms with Crippen LogP contribution >= 0.6 is 11.6 Å². The number of rotatable bonds is 4. The van der Waals surface area contributed by atoms with Crippen molar-refractivity contribution in [3.05, 3.63) is 65.7 Å². The summed E-state index contributed by atoms with van der Waals surface area (Å²) >= 11 is 6.51. The second-order valence-electron chi connectivity index (χ2n) is 7.33. The maximum atomic E-state index is 9.96. The number of aliphatic hydroxyl groups is 1. The van der Waals surface area contributed by atoms with E-state index in [0.717, 1.165) is 36.0 Å². The molecule has 1 saturated carbocycles. The maximum Gasteiger partial charge on any atom is 0.296 e. The number of nitrogens with zero attached hydrogens (tertiary/aromatic N) is 2. The van der Waals surface area contributed by atoms with Crippen LogP contribution in [0, 0.1) is 0 Å². The number of aromatic nitrogens is 3. The van der Waals surface area contributed by atoms with Crippen LogP contribution in [-0.4, -0.2) is 32.3 Å². The number of nitrogens with one attached hydrogen (secondary N) is 1. The Kier molecular flexibility index (Phi) is 4.70. The van der Waals surface area contributed by atoms with Crippen molar-refractivity contribution in [2.24, 2.45) is 0 Å². The lowest BCUT2D eigenvalue weighted by Crippen LogP contribution is -2.26. The van der Waals surface area contributed by atoms with Crippen LogP contribution in [0.1, 0.15) is 19.3 Å². The van der Waals surface area contributed by atoms with Gasteiger partial charge in [-0.2, -0.15) is 4.98 Å². The van der Waals surface area contributed by atoms with Crippen LogP contribution in [0.25, 0.3) is 33.5 Å². The van der Waals surface area contributed by atoms with E-state index in [1.807, 2.05) is 36.4 Å². The third kappa shape index (κ3) is 3.59. The first-order valence-electron chi connectivity index (χ1n) is 9.74. The van der Waals surface area contributed by atoms with Crippen LogP contribution < -0.4 is 4.74 Å². The number of aliphatic hydroxyl groups excluding tert-OH is 1. The van der Waals surface area contributed by atoms with Gasteiger partial charge in [-0.25, -0.2) is 4.98 Å². The SMILES string of the molecule is O[C@@H]1CCC[C@@H]1Oc1nc2nc(-c3ccc(-c4ccccc4)cc3)c(Cl)cc2[nH]1. The Labute approximate surface area is 173 Å². The second-order valence-corrected chi connectivity index (χ2v) is 7.74. The average Bonchev–Trinajstić information content (AvgIpc) is 3.33. The van der Waals surface area contributed by atoms with E-state index in [0.29, 0.717) is 27.9 Å². The van der Waals surface area contributed by atoms with E-state index in [1.165, 1.54) is 0 Å². The van der Waals surface area contributed by atoms with Gasteiger partial charge in [0.15, 0.2) is 5.65 Å². The first kappa shape index (κ1) is 18.2. The van der Waals surface area contributed by atoms with E-state index in [-0.39, 0.29) is 6.10 Å². The van der Waals surface area contributed by atoms with E-state index >= 15 is 0 Å². The molecule has 2 aromatic heterocycles. The number of benzene rings is 2. The Morgan fingerprint density at radius 1 is 0.931 bits per heavy atom. The molecule has 0 spiro atoms. The smallest absolute Gasteiger partial charge is 0.296 e. The molecule has 5 nitrogen and oxygen atoms in total. The molecule has 1 aliphatic carbocycles. The highest BCUT2D eigenvalue weighted by Crippen LogP contribution is 2.32. The summed E-state index contributed by atoms with van der Waals surface area (Å²) in [6.45, 7) is 0. The van der Waals surface area contributed by atoms with Gasteiger partial charge in [-0.15, -0.1) is 0 Å². The van der Waals surface area contributed by atoms with Crippen LogP contribution in [0.2, 0.25) is 5.02 Å². The summed E-state index contributed by atoms with van der Waals surface area (Å²) in [5, 5.41) is 10.5. The Bertz CT molecular complexity index is 1140. The molecule has 0 bridgehead atoms. The standard InChI is InChI=1S/C23H20ClN3O2/c24-17-13-18-22(27-23(25-18)29-20-8-4-7-19(20)28)26-21(17)16-11-9-15(10-12-16)14-5-2-1-3-6-14/h1-3,5-6,9-13,19-20,28H,4,7-8H2,(H,25,26,27)/t19-,20+/m1/s1. The van der Waals surface area contributed by atoms with Gasteiger partial charge in [0.25, 0.3) is 6.01 Å². The normalized spacial score (nSPS) is 19.0. The number of pyridine rings is 1. The molecule has 2 atom stereocenters. The van der Waals surface area contributed by atoms with Gasteiger partial charge in [0.2, 0.25) is 0 Å². The van der Waals surface area contributed by atoms with E-state index in [4.69, 9.17) is 16.3 Å². The van der Waals surface area contributed by atoms with Gasteiger partial charge in [-0.3, -0.25) is 0 Å². The molecule has 2 aromatic carbocycles. The summed E-state index contributed by atoms with van der Waals surface area (Å²) in [4.78, 5) is 12.2. The maximum absolute atomic E-state index is 9.96. The molecule has 2 N–H and O–H groups in total. The summed E-state index contributed by atoms with van der Waals surface area (Å²) in [5.41, 5.74) is 5.15. The number of hydrogen-bond acceptors (Lipinski definition) is 4. The van der Waals surface area contributed by atoms with Crippen LogP contribution in [0.15, 0.2) is 60.7 Å². The number of fused-ring (bicyclic) bond motifs is 1. The first-order valence-corrected chi connectivity index (χ1v) is 10.1. The Morgan fingerprint density at radius 2 is 1.66 bits per heavy atom. The van der Waals surface area contributed by atoms with Crippen LogP contribution in [0.5, 0.6) is 6.01 Å². The second kappa shape index (κ2) is 7.50. The molecule has 0 amide bonds. The number of aromatic amines is 1. The van der Waals surface area contributed by atoms with Crippen LogP contribution in [0.4, 0.5) is 0 Å². The van der Waals surface area contributed by atoms with Gasteiger partial charge >= 0.3 is 0 Å². The first-order chi connectivity index (χ1) is 14.2. The van der Waals surface area contributed by atoms with Gasteiger partial charge in [0.1, 0.15) is 6.10 Å². The van der Waals surface area contributed by atoms with Crippen molar-refractivity contribution < 1.29 is 9.84 Å². The summed E-state index contributed by atoms with van der Waals surface area (Å²) in [5.74, 6) is 0. The van der Waals surface area contributed by atoms with Crippen molar-refractivity contribution in [1.29, 1.82) is 0 Å². The van der Waals surface area contributed by atoms with Crippen molar-refractivity contribution in [1.82, 2.24) is 15.0 Å². The molecular formula is C23H20ClN3O2. The zero-order valence-electron chi connectivity index (χ0n) is 15.7. The number of imidazole rings is 1. The largest absolute Gasteiger partial charge is 0.459 e. The van der Waals surface area contributed by atoms with E-state index < -0.39 is 6.10 Å².